The average Bonchev–Trinajstić information content (AvgIpc) is 2.05. The van der Waals surface area contributed by atoms with Crippen molar-refractivity contribution in [2.24, 2.45) is 0 Å². The maximum absolute atomic E-state index is 10.3. The van der Waals surface area contributed by atoms with E-state index in [1.54, 1.807) is 24.3 Å². The predicted octanol–water partition coefficient (Wildman–Crippen LogP) is 0.450. The van der Waals surface area contributed by atoms with Gasteiger partial charge in [0.2, 0.25) is 0 Å². The van der Waals surface area contributed by atoms with Gasteiger partial charge in [0.25, 0.3) is 0 Å². The summed E-state index contributed by atoms with van der Waals surface area (Å²) in [6.45, 7) is 3.36. The van der Waals surface area contributed by atoms with Gasteiger partial charge in [0.15, 0.2) is 0 Å². The first-order chi connectivity index (χ1) is 5.22. The van der Waals surface area contributed by atoms with Crippen molar-refractivity contribution in [2.75, 3.05) is 0 Å². The van der Waals surface area contributed by atoms with E-state index >= 15 is 0 Å². The lowest BCUT2D eigenvalue weighted by molar-refractivity contribution is -0.295. The molecular formula is C9H7O2-. The van der Waals surface area contributed by atoms with E-state index < -0.39 is 5.97 Å². The summed E-state index contributed by atoms with van der Waals surface area (Å²) in [4.78, 5) is 10.3. The molecule has 0 heterocycles. The minimum Gasteiger partial charge on any atom is -0.545 e. The molecule has 0 N–H and O–H groups in total. The Hall–Kier alpha value is -1.57. The van der Waals surface area contributed by atoms with E-state index in [1.807, 2.05) is 6.07 Å². The lowest BCUT2D eigenvalue weighted by atomic mass is 10.1. The number of benzene rings is 1. The molecule has 56 valence electrons. The monoisotopic (exact) mass is 147 g/mol. The Morgan fingerprint density at radius 1 is 1.27 bits per heavy atom. The van der Waals surface area contributed by atoms with Crippen LogP contribution in [0.15, 0.2) is 36.9 Å². The van der Waals surface area contributed by atoms with Gasteiger partial charge in [0.05, 0.1) is 5.97 Å². The van der Waals surface area contributed by atoms with Gasteiger partial charge in [-0.3, -0.25) is 0 Å². The average molecular weight is 147 g/mol. The molecule has 11 heavy (non-hydrogen) atoms. The van der Waals surface area contributed by atoms with Crippen molar-refractivity contribution in [2.45, 2.75) is 0 Å². The second kappa shape index (κ2) is 3.01. The van der Waals surface area contributed by atoms with Crippen LogP contribution in [-0.4, -0.2) is 5.97 Å². The van der Waals surface area contributed by atoms with Crippen LogP contribution < -0.4 is 5.11 Å². The minimum absolute atomic E-state index is 0.0191. The van der Waals surface area contributed by atoms with Crippen molar-refractivity contribution in [3.05, 3.63) is 42.5 Å². The van der Waals surface area contributed by atoms with Crippen LogP contribution in [0.3, 0.4) is 0 Å². The first-order valence-corrected chi connectivity index (χ1v) is 3.17. The molecule has 0 unspecified atom stereocenters. The Balaban J connectivity index is 2.95. The molecule has 0 spiro atoms. The number of hydrogen-bond acceptors (Lipinski definition) is 2. The standard InChI is InChI=1S/C9H8O2/c1-7(9(10)11)8-5-3-2-4-6-8/h2-6H,1H2,(H,10,11)/p-1. The van der Waals surface area contributed by atoms with Crippen LogP contribution in [0.2, 0.25) is 0 Å². The van der Waals surface area contributed by atoms with Gasteiger partial charge in [-0.15, -0.1) is 0 Å². The molecule has 0 atom stereocenters. The van der Waals surface area contributed by atoms with E-state index in [-0.39, 0.29) is 5.57 Å². The van der Waals surface area contributed by atoms with E-state index in [2.05, 4.69) is 6.58 Å². The van der Waals surface area contributed by atoms with Crippen LogP contribution in [0.25, 0.3) is 5.57 Å². The molecule has 1 aromatic rings. The van der Waals surface area contributed by atoms with Crippen molar-refractivity contribution >= 4 is 11.5 Å². The second-order valence-corrected chi connectivity index (χ2v) is 2.13. The lowest BCUT2D eigenvalue weighted by Crippen LogP contribution is -2.22. The highest BCUT2D eigenvalue weighted by atomic mass is 16.4. The molecule has 2 nitrogen and oxygen atoms in total. The molecule has 0 radical (unpaired) electrons. The smallest absolute Gasteiger partial charge is 0.0715 e. The van der Waals surface area contributed by atoms with Crippen molar-refractivity contribution in [3.8, 4) is 0 Å². The summed E-state index contributed by atoms with van der Waals surface area (Å²) >= 11 is 0. The van der Waals surface area contributed by atoms with Crippen LogP contribution in [0.5, 0.6) is 0 Å². The summed E-state index contributed by atoms with van der Waals surface area (Å²) in [5, 5.41) is 10.3. The van der Waals surface area contributed by atoms with Crippen LogP contribution in [0, 0.1) is 0 Å². The largest absolute Gasteiger partial charge is 0.545 e. The summed E-state index contributed by atoms with van der Waals surface area (Å²) < 4.78 is 0. The maximum atomic E-state index is 10.3. The number of rotatable bonds is 2. The molecule has 0 aliphatic rings. The fraction of sp³-hybridized carbons (Fsp3) is 0. The molecule has 0 aliphatic heterocycles. The molecule has 0 aliphatic carbocycles. The Kier molecular flexibility index (Phi) is 2.06. The SMILES string of the molecule is C=C(C(=O)[O-])c1ccccc1. The predicted molar refractivity (Wildman–Crippen MR) is 40.5 cm³/mol. The Labute approximate surface area is 64.8 Å². The summed E-state index contributed by atoms with van der Waals surface area (Å²) in [5.41, 5.74) is 0.609. The lowest BCUT2D eigenvalue weighted by Gasteiger charge is -2.04. The van der Waals surface area contributed by atoms with Crippen molar-refractivity contribution in [1.29, 1.82) is 0 Å². The molecule has 0 saturated heterocycles. The molecule has 0 bridgehead atoms. The number of carboxylic acid groups (broad SMARTS) is 1. The van der Waals surface area contributed by atoms with Gasteiger partial charge in [0, 0.05) is 0 Å². The molecule has 1 aromatic carbocycles. The van der Waals surface area contributed by atoms with E-state index in [9.17, 15) is 9.90 Å². The molecule has 0 amide bonds. The zero-order valence-electron chi connectivity index (χ0n) is 5.91. The highest BCUT2D eigenvalue weighted by Crippen LogP contribution is 2.09. The number of carbonyl (C=O) groups excluding carboxylic acids is 1. The first kappa shape index (κ1) is 7.54. The van der Waals surface area contributed by atoms with E-state index in [0.29, 0.717) is 5.56 Å². The molecule has 0 fully saturated rings. The maximum Gasteiger partial charge on any atom is 0.0715 e. The third-order valence-electron chi connectivity index (χ3n) is 1.37. The number of hydrogen-bond donors (Lipinski definition) is 0. The van der Waals surface area contributed by atoms with Crippen molar-refractivity contribution < 1.29 is 9.90 Å². The normalized spacial score (nSPS) is 9.09. The molecule has 2 heteroatoms. The Morgan fingerprint density at radius 3 is 2.27 bits per heavy atom. The molecular weight excluding hydrogens is 140 g/mol. The van der Waals surface area contributed by atoms with Crippen LogP contribution in [0.4, 0.5) is 0 Å². The van der Waals surface area contributed by atoms with Gasteiger partial charge in [-0.2, -0.15) is 0 Å². The molecule has 0 saturated carbocycles. The number of carbonyl (C=O) groups is 1. The second-order valence-electron chi connectivity index (χ2n) is 2.13. The summed E-state index contributed by atoms with van der Waals surface area (Å²) in [6, 6.07) is 8.68. The van der Waals surface area contributed by atoms with E-state index in [4.69, 9.17) is 0 Å². The van der Waals surface area contributed by atoms with Gasteiger partial charge in [-0.1, -0.05) is 36.9 Å². The van der Waals surface area contributed by atoms with Gasteiger partial charge in [-0.25, -0.2) is 0 Å². The highest BCUT2D eigenvalue weighted by molar-refractivity contribution is 6.13. The summed E-state index contributed by atoms with van der Waals surface area (Å²) in [6.07, 6.45) is 0. The zero-order valence-corrected chi connectivity index (χ0v) is 5.91. The zero-order chi connectivity index (χ0) is 8.27. The van der Waals surface area contributed by atoms with Crippen LogP contribution in [-0.2, 0) is 4.79 Å². The fourth-order valence-corrected chi connectivity index (χ4v) is 0.757. The number of aliphatic carboxylic acids is 1. The third kappa shape index (κ3) is 1.67. The van der Waals surface area contributed by atoms with Crippen LogP contribution >= 0.6 is 0 Å². The Morgan fingerprint density at radius 2 is 1.82 bits per heavy atom. The van der Waals surface area contributed by atoms with E-state index in [1.165, 1.54) is 0 Å². The van der Waals surface area contributed by atoms with Gasteiger partial charge in [-0.05, 0) is 11.1 Å². The quantitative estimate of drug-likeness (QED) is 0.570. The molecule has 1 rings (SSSR count). The van der Waals surface area contributed by atoms with Crippen LogP contribution in [0.1, 0.15) is 5.56 Å². The molecule has 0 aromatic heterocycles. The first-order valence-electron chi connectivity index (χ1n) is 3.17. The fourth-order valence-electron chi connectivity index (χ4n) is 0.757. The van der Waals surface area contributed by atoms with E-state index in [0.717, 1.165) is 0 Å². The van der Waals surface area contributed by atoms with Gasteiger partial charge in [0.1, 0.15) is 0 Å². The van der Waals surface area contributed by atoms with Gasteiger partial charge < -0.3 is 9.90 Å². The summed E-state index contributed by atoms with van der Waals surface area (Å²) in [7, 11) is 0. The minimum atomic E-state index is -1.23. The Bertz CT molecular complexity index is 275. The summed E-state index contributed by atoms with van der Waals surface area (Å²) in [5.74, 6) is -1.23. The van der Waals surface area contributed by atoms with Gasteiger partial charge >= 0.3 is 0 Å². The van der Waals surface area contributed by atoms with Crippen molar-refractivity contribution in [1.82, 2.24) is 0 Å². The third-order valence-corrected chi connectivity index (χ3v) is 1.37. The highest BCUT2D eigenvalue weighted by Gasteiger charge is 1.95. The topological polar surface area (TPSA) is 40.1 Å². The number of carboxylic acids is 1. The van der Waals surface area contributed by atoms with Crippen molar-refractivity contribution in [3.63, 3.8) is 0 Å².